The molecule has 0 unspecified atom stereocenters. The molecule has 0 atom stereocenters. The number of phenols is 1. The van der Waals surface area contributed by atoms with E-state index >= 15 is 0 Å². The number of hydrogen-bond donors (Lipinski definition) is 2. The van der Waals surface area contributed by atoms with Gasteiger partial charge in [0, 0.05) is 27.9 Å². The molecule has 1 aliphatic rings. The van der Waals surface area contributed by atoms with Crippen molar-refractivity contribution in [2.45, 2.75) is 0 Å². The number of benzene rings is 3. The molecule has 3 aromatic rings. The molecule has 0 aliphatic heterocycles. The van der Waals surface area contributed by atoms with E-state index in [2.05, 4.69) is 0 Å². The number of thiocarbonyl (C=S) groups is 1. The quantitative estimate of drug-likeness (QED) is 0.315. The Balaban J connectivity index is 2.04. The second-order valence-corrected chi connectivity index (χ2v) is 6.09. The molecule has 0 saturated heterocycles. The smallest absolute Gasteiger partial charge is 0.198 e. The van der Waals surface area contributed by atoms with Gasteiger partial charge < -0.3 is 10.8 Å². The number of rotatable bonds is 1. The van der Waals surface area contributed by atoms with Crippen LogP contribution < -0.4 is 5.73 Å². The molecule has 4 rings (SSSR count). The standard InChI is InChI=1S/C20H13NO2S/c21-18-14(11-6-2-1-3-7-11)10-15(22)16-17(18)20(24)13-9-5-4-8-12(13)19(16)23/h1-10,22H,21H2. The first-order chi connectivity index (χ1) is 11.6. The van der Waals surface area contributed by atoms with Gasteiger partial charge in [-0.25, -0.2) is 0 Å². The maximum absolute atomic E-state index is 12.8. The number of anilines is 1. The largest absolute Gasteiger partial charge is 0.507 e. The van der Waals surface area contributed by atoms with E-state index in [9.17, 15) is 9.90 Å². The Morgan fingerprint density at radius 1 is 0.833 bits per heavy atom. The summed E-state index contributed by atoms with van der Waals surface area (Å²) in [4.78, 5) is 13.3. The summed E-state index contributed by atoms with van der Waals surface area (Å²) in [6.45, 7) is 0. The molecule has 0 radical (unpaired) electrons. The highest BCUT2D eigenvalue weighted by Crippen LogP contribution is 2.41. The first kappa shape index (κ1) is 14.6. The summed E-state index contributed by atoms with van der Waals surface area (Å²) in [5.41, 5.74) is 10.1. The zero-order chi connectivity index (χ0) is 16.8. The topological polar surface area (TPSA) is 63.3 Å². The fraction of sp³-hybridized carbons (Fsp3) is 0. The molecule has 0 fully saturated rings. The lowest BCUT2D eigenvalue weighted by Crippen LogP contribution is -2.22. The van der Waals surface area contributed by atoms with Gasteiger partial charge in [0.25, 0.3) is 0 Å². The Bertz CT molecular complexity index is 1010. The average Bonchev–Trinajstić information content (AvgIpc) is 2.62. The predicted molar refractivity (Wildman–Crippen MR) is 98.6 cm³/mol. The normalized spacial score (nSPS) is 12.7. The first-order valence-corrected chi connectivity index (χ1v) is 7.89. The average molecular weight is 331 g/mol. The number of aromatic hydroxyl groups is 1. The van der Waals surface area contributed by atoms with Crippen molar-refractivity contribution >= 4 is 28.6 Å². The molecule has 3 nitrogen and oxygen atoms in total. The third kappa shape index (κ3) is 1.97. The highest BCUT2D eigenvalue weighted by Gasteiger charge is 2.32. The highest BCUT2D eigenvalue weighted by molar-refractivity contribution is 7.81. The van der Waals surface area contributed by atoms with E-state index < -0.39 is 0 Å². The molecule has 116 valence electrons. The number of hydrogen-bond acceptors (Lipinski definition) is 4. The van der Waals surface area contributed by atoms with Gasteiger partial charge in [0.1, 0.15) is 5.75 Å². The summed E-state index contributed by atoms with van der Waals surface area (Å²) in [5.74, 6) is -0.349. The van der Waals surface area contributed by atoms with E-state index in [1.54, 1.807) is 12.1 Å². The van der Waals surface area contributed by atoms with Gasteiger partial charge in [0.05, 0.1) is 10.4 Å². The van der Waals surface area contributed by atoms with Crippen LogP contribution in [0.15, 0.2) is 60.7 Å². The summed E-state index contributed by atoms with van der Waals surface area (Å²) in [5, 5.41) is 10.5. The molecule has 0 bridgehead atoms. The molecule has 0 saturated carbocycles. The highest BCUT2D eigenvalue weighted by atomic mass is 32.1. The molecule has 24 heavy (non-hydrogen) atoms. The van der Waals surface area contributed by atoms with Gasteiger partial charge in [0.2, 0.25) is 0 Å². The second-order valence-electron chi connectivity index (χ2n) is 5.68. The first-order valence-electron chi connectivity index (χ1n) is 7.49. The van der Waals surface area contributed by atoms with Crippen molar-refractivity contribution in [1.29, 1.82) is 0 Å². The van der Waals surface area contributed by atoms with Crippen molar-refractivity contribution in [1.82, 2.24) is 0 Å². The van der Waals surface area contributed by atoms with Crippen molar-refractivity contribution in [2.24, 2.45) is 0 Å². The molecule has 0 heterocycles. The maximum Gasteiger partial charge on any atom is 0.198 e. The molecule has 0 amide bonds. The lowest BCUT2D eigenvalue weighted by Gasteiger charge is -2.23. The summed E-state index contributed by atoms with van der Waals surface area (Å²) in [7, 11) is 0. The van der Waals surface area contributed by atoms with Gasteiger partial charge >= 0.3 is 0 Å². The Labute approximate surface area is 144 Å². The number of phenolic OH excluding ortho intramolecular Hbond substituents is 1. The molecule has 0 spiro atoms. The van der Waals surface area contributed by atoms with Gasteiger partial charge in [-0.05, 0) is 11.6 Å². The Morgan fingerprint density at radius 3 is 2.17 bits per heavy atom. The Kier molecular flexibility index (Phi) is 3.22. The van der Waals surface area contributed by atoms with E-state index in [4.69, 9.17) is 18.0 Å². The van der Waals surface area contributed by atoms with E-state index in [0.29, 0.717) is 32.8 Å². The van der Waals surface area contributed by atoms with Crippen molar-refractivity contribution in [3.8, 4) is 16.9 Å². The predicted octanol–water partition coefficient (Wildman–Crippen LogP) is 3.95. The molecule has 3 aromatic carbocycles. The lowest BCUT2D eigenvalue weighted by molar-refractivity contribution is 0.103. The summed E-state index contributed by atoms with van der Waals surface area (Å²) < 4.78 is 0. The van der Waals surface area contributed by atoms with Gasteiger partial charge in [-0.15, -0.1) is 0 Å². The number of fused-ring (bicyclic) bond motifs is 2. The van der Waals surface area contributed by atoms with Gasteiger partial charge in [-0.3, -0.25) is 4.79 Å². The molecule has 0 aromatic heterocycles. The number of carbonyl (C=O) groups excluding carboxylic acids is 1. The van der Waals surface area contributed by atoms with Crippen LogP contribution in [0.25, 0.3) is 11.1 Å². The fourth-order valence-corrected chi connectivity index (χ4v) is 3.54. The van der Waals surface area contributed by atoms with Gasteiger partial charge in [0.15, 0.2) is 5.78 Å². The van der Waals surface area contributed by atoms with Crippen LogP contribution in [0.2, 0.25) is 0 Å². The molecular weight excluding hydrogens is 318 g/mol. The Hall–Kier alpha value is -2.98. The zero-order valence-corrected chi connectivity index (χ0v) is 13.4. The number of ketones is 1. The van der Waals surface area contributed by atoms with Crippen molar-refractivity contribution in [3.05, 3.63) is 82.9 Å². The van der Waals surface area contributed by atoms with Crippen LogP contribution >= 0.6 is 12.2 Å². The van der Waals surface area contributed by atoms with Crippen molar-refractivity contribution in [2.75, 3.05) is 5.73 Å². The fourth-order valence-electron chi connectivity index (χ4n) is 3.15. The van der Waals surface area contributed by atoms with Crippen LogP contribution in [-0.4, -0.2) is 15.8 Å². The van der Waals surface area contributed by atoms with Crippen LogP contribution in [0.3, 0.4) is 0 Å². The van der Waals surface area contributed by atoms with E-state index in [0.717, 1.165) is 5.56 Å². The molecular formula is C20H13NO2S. The monoisotopic (exact) mass is 331 g/mol. The third-order valence-corrected chi connectivity index (χ3v) is 4.73. The lowest BCUT2D eigenvalue weighted by atomic mass is 9.81. The van der Waals surface area contributed by atoms with Gasteiger partial charge in [-0.2, -0.15) is 0 Å². The van der Waals surface area contributed by atoms with E-state index in [1.165, 1.54) is 6.07 Å². The molecule has 3 N–H and O–H groups in total. The minimum atomic E-state index is -0.252. The Morgan fingerprint density at radius 2 is 1.46 bits per heavy atom. The number of carbonyl (C=O) groups is 1. The second kappa shape index (κ2) is 5.28. The minimum Gasteiger partial charge on any atom is -0.507 e. The van der Waals surface area contributed by atoms with Crippen molar-refractivity contribution < 1.29 is 9.90 Å². The maximum atomic E-state index is 12.8. The van der Waals surface area contributed by atoms with Gasteiger partial charge in [-0.1, -0.05) is 66.8 Å². The van der Waals surface area contributed by atoms with Crippen molar-refractivity contribution in [3.63, 3.8) is 0 Å². The number of nitrogens with two attached hydrogens (primary N) is 1. The van der Waals surface area contributed by atoms with Crippen LogP contribution in [-0.2, 0) is 0 Å². The molecule has 4 heteroatoms. The van der Waals surface area contributed by atoms with Crippen LogP contribution in [0, 0.1) is 0 Å². The van der Waals surface area contributed by atoms with E-state index in [-0.39, 0.29) is 17.1 Å². The summed E-state index contributed by atoms with van der Waals surface area (Å²) in [6, 6.07) is 18.2. The van der Waals surface area contributed by atoms with Crippen LogP contribution in [0.5, 0.6) is 5.75 Å². The summed E-state index contributed by atoms with van der Waals surface area (Å²) >= 11 is 5.58. The molecule has 1 aliphatic carbocycles. The van der Waals surface area contributed by atoms with E-state index in [1.807, 2.05) is 42.5 Å². The van der Waals surface area contributed by atoms with Crippen LogP contribution in [0.1, 0.15) is 27.0 Å². The van der Waals surface area contributed by atoms with Crippen LogP contribution in [0.4, 0.5) is 5.69 Å². The minimum absolute atomic E-state index is 0.0973. The third-order valence-electron chi connectivity index (χ3n) is 4.30. The SMILES string of the molecule is Nc1c(-c2ccccc2)cc(O)c2c1C(=S)c1ccccc1C2=O. The zero-order valence-electron chi connectivity index (χ0n) is 12.6. The number of nitrogen functional groups attached to an aromatic ring is 1. The summed E-state index contributed by atoms with van der Waals surface area (Å²) in [6.07, 6.45) is 0.